The third-order valence-corrected chi connectivity index (χ3v) is 1.25. The fraction of sp³-hybridized carbons (Fsp3) is 1.00. The second-order valence-corrected chi connectivity index (χ2v) is 2.60. The van der Waals surface area contributed by atoms with Crippen molar-refractivity contribution < 1.29 is 9.84 Å². The summed E-state index contributed by atoms with van der Waals surface area (Å²) in [6.07, 6.45) is -0.248. The Bertz CT molecular complexity index is 76.0. The van der Waals surface area contributed by atoms with E-state index in [4.69, 9.17) is 9.84 Å². The molecule has 0 amide bonds. The van der Waals surface area contributed by atoms with Gasteiger partial charge in [-0.05, 0) is 14.0 Å². The Morgan fingerprint density at radius 3 is 2.60 bits per heavy atom. The molecule has 1 N–H and O–H groups in total. The first kappa shape index (κ1) is 9.88. The lowest BCUT2D eigenvalue weighted by Gasteiger charge is -2.17. The summed E-state index contributed by atoms with van der Waals surface area (Å²) >= 11 is 0. The van der Waals surface area contributed by atoms with Crippen molar-refractivity contribution in [1.29, 1.82) is 0 Å². The van der Waals surface area contributed by atoms with E-state index >= 15 is 0 Å². The van der Waals surface area contributed by atoms with Crippen molar-refractivity contribution in [2.45, 2.75) is 13.0 Å². The second-order valence-electron chi connectivity index (χ2n) is 2.60. The molecule has 0 aromatic carbocycles. The van der Waals surface area contributed by atoms with Crippen LogP contribution in [0.4, 0.5) is 0 Å². The molecule has 0 aliphatic carbocycles. The zero-order chi connectivity index (χ0) is 7.98. The topological polar surface area (TPSA) is 32.7 Å². The molecule has 0 spiro atoms. The summed E-state index contributed by atoms with van der Waals surface area (Å²) in [7, 11) is 3.64. The molecule has 0 saturated heterocycles. The van der Waals surface area contributed by atoms with E-state index in [1.165, 1.54) is 0 Å². The van der Waals surface area contributed by atoms with Gasteiger partial charge in [-0.25, -0.2) is 0 Å². The Morgan fingerprint density at radius 1 is 1.60 bits per heavy atom. The molecule has 0 radical (unpaired) electrons. The van der Waals surface area contributed by atoms with Gasteiger partial charge in [0, 0.05) is 20.2 Å². The van der Waals surface area contributed by atoms with Crippen molar-refractivity contribution in [2.75, 3.05) is 33.9 Å². The molecule has 10 heavy (non-hydrogen) atoms. The van der Waals surface area contributed by atoms with Gasteiger partial charge < -0.3 is 14.7 Å². The molecular formula is C7H17NO2. The van der Waals surface area contributed by atoms with E-state index in [2.05, 4.69) is 0 Å². The van der Waals surface area contributed by atoms with Crippen LogP contribution in [-0.2, 0) is 4.74 Å². The first-order valence-corrected chi connectivity index (χ1v) is 3.52. The molecule has 0 aliphatic rings. The molecule has 0 fully saturated rings. The zero-order valence-electron chi connectivity index (χ0n) is 7.00. The predicted octanol–water partition coefficient (Wildman–Crippen LogP) is -0.0546. The standard InChI is InChI=1S/C7H17NO2/c1-7(9)6-8(2)4-5-10-3/h7,9H,4-6H2,1-3H3/t7-/m0/s1. The SMILES string of the molecule is COCCN(C)C[C@H](C)O. The van der Waals surface area contributed by atoms with E-state index < -0.39 is 0 Å². The van der Waals surface area contributed by atoms with Crippen LogP contribution in [0, 0.1) is 0 Å². The number of aliphatic hydroxyl groups excluding tert-OH is 1. The van der Waals surface area contributed by atoms with E-state index in [1.54, 1.807) is 14.0 Å². The quantitative estimate of drug-likeness (QED) is 0.591. The van der Waals surface area contributed by atoms with Gasteiger partial charge in [0.15, 0.2) is 0 Å². The number of likely N-dealkylation sites (N-methyl/N-ethyl adjacent to an activating group) is 1. The number of nitrogens with zero attached hydrogens (tertiary/aromatic N) is 1. The van der Waals surface area contributed by atoms with Crippen LogP contribution in [0.15, 0.2) is 0 Å². The van der Waals surface area contributed by atoms with E-state index in [1.807, 2.05) is 11.9 Å². The molecular weight excluding hydrogens is 130 g/mol. The lowest BCUT2D eigenvalue weighted by Crippen LogP contribution is -2.29. The van der Waals surface area contributed by atoms with Crippen LogP contribution in [0.3, 0.4) is 0 Å². The minimum atomic E-state index is -0.248. The molecule has 0 saturated carbocycles. The van der Waals surface area contributed by atoms with Gasteiger partial charge in [0.05, 0.1) is 12.7 Å². The number of ether oxygens (including phenoxy) is 1. The third kappa shape index (κ3) is 6.01. The summed E-state index contributed by atoms with van der Waals surface area (Å²) in [5, 5.41) is 8.94. The fourth-order valence-corrected chi connectivity index (χ4v) is 0.789. The summed E-state index contributed by atoms with van der Waals surface area (Å²) in [5.41, 5.74) is 0. The molecule has 0 unspecified atom stereocenters. The monoisotopic (exact) mass is 147 g/mol. The first-order chi connectivity index (χ1) is 4.66. The van der Waals surface area contributed by atoms with Crippen molar-refractivity contribution in [3.05, 3.63) is 0 Å². The largest absolute Gasteiger partial charge is 0.392 e. The van der Waals surface area contributed by atoms with Crippen LogP contribution in [-0.4, -0.2) is 50.0 Å². The highest BCUT2D eigenvalue weighted by atomic mass is 16.5. The second kappa shape index (κ2) is 5.65. The highest BCUT2D eigenvalue weighted by Gasteiger charge is 2.00. The number of hydrogen-bond donors (Lipinski definition) is 1. The van der Waals surface area contributed by atoms with Gasteiger partial charge in [-0.15, -0.1) is 0 Å². The number of hydrogen-bond acceptors (Lipinski definition) is 3. The molecule has 0 bridgehead atoms. The Labute approximate surface area is 62.6 Å². The molecule has 3 nitrogen and oxygen atoms in total. The third-order valence-electron chi connectivity index (χ3n) is 1.25. The molecule has 0 aromatic rings. The van der Waals surface area contributed by atoms with Gasteiger partial charge in [0.25, 0.3) is 0 Å². The Hall–Kier alpha value is -0.120. The molecule has 0 aliphatic heterocycles. The Kier molecular flexibility index (Phi) is 5.58. The average Bonchev–Trinajstić information content (AvgIpc) is 1.82. The minimum absolute atomic E-state index is 0.248. The van der Waals surface area contributed by atoms with Crippen molar-refractivity contribution in [2.24, 2.45) is 0 Å². The van der Waals surface area contributed by atoms with Crippen LogP contribution in [0.1, 0.15) is 6.92 Å². The lowest BCUT2D eigenvalue weighted by atomic mass is 10.4. The number of aliphatic hydroxyl groups is 1. The number of rotatable bonds is 5. The molecule has 0 rings (SSSR count). The summed E-state index contributed by atoms with van der Waals surface area (Å²) in [4.78, 5) is 2.04. The van der Waals surface area contributed by atoms with Gasteiger partial charge in [0.2, 0.25) is 0 Å². The smallest absolute Gasteiger partial charge is 0.0638 e. The highest BCUT2D eigenvalue weighted by molar-refractivity contribution is 4.54. The summed E-state index contributed by atoms with van der Waals surface area (Å²) in [6, 6.07) is 0. The van der Waals surface area contributed by atoms with E-state index in [0.29, 0.717) is 6.54 Å². The summed E-state index contributed by atoms with van der Waals surface area (Å²) < 4.78 is 4.87. The average molecular weight is 147 g/mol. The molecule has 3 heteroatoms. The molecule has 62 valence electrons. The Morgan fingerprint density at radius 2 is 2.20 bits per heavy atom. The van der Waals surface area contributed by atoms with Gasteiger partial charge >= 0.3 is 0 Å². The van der Waals surface area contributed by atoms with Crippen LogP contribution in [0.25, 0.3) is 0 Å². The number of methoxy groups -OCH3 is 1. The van der Waals surface area contributed by atoms with Crippen LogP contribution < -0.4 is 0 Å². The maximum absolute atomic E-state index is 8.94. The minimum Gasteiger partial charge on any atom is -0.392 e. The van der Waals surface area contributed by atoms with Gasteiger partial charge in [-0.1, -0.05) is 0 Å². The van der Waals surface area contributed by atoms with Crippen molar-refractivity contribution in [3.8, 4) is 0 Å². The molecule has 1 atom stereocenters. The van der Waals surface area contributed by atoms with Gasteiger partial charge in [0.1, 0.15) is 0 Å². The molecule has 0 aromatic heterocycles. The van der Waals surface area contributed by atoms with Gasteiger partial charge in [-0.3, -0.25) is 0 Å². The maximum atomic E-state index is 8.94. The molecule has 0 heterocycles. The van der Waals surface area contributed by atoms with Crippen molar-refractivity contribution in [1.82, 2.24) is 4.90 Å². The van der Waals surface area contributed by atoms with E-state index in [9.17, 15) is 0 Å². The van der Waals surface area contributed by atoms with E-state index in [-0.39, 0.29) is 6.10 Å². The maximum Gasteiger partial charge on any atom is 0.0638 e. The van der Waals surface area contributed by atoms with Crippen LogP contribution in [0.5, 0.6) is 0 Å². The van der Waals surface area contributed by atoms with Crippen LogP contribution in [0.2, 0.25) is 0 Å². The Balaban J connectivity index is 3.16. The van der Waals surface area contributed by atoms with Crippen molar-refractivity contribution >= 4 is 0 Å². The van der Waals surface area contributed by atoms with E-state index in [0.717, 1.165) is 13.2 Å². The van der Waals surface area contributed by atoms with Crippen molar-refractivity contribution in [3.63, 3.8) is 0 Å². The lowest BCUT2D eigenvalue weighted by molar-refractivity contribution is 0.113. The predicted molar refractivity (Wildman–Crippen MR) is 41.1 cm³/mol. The zero-order valence-corrected chi connectivity index (χ0v) is 7.00. The summed E-state index contributed by atoms with van der Waals surface area (Å²) in [5.74, 6) is 0. The first-order valence-electron chi connectivity index (χ1n) is 3.52. The fourth-order valence-electron chi connectivity index (χ4n) is 0.789. The van der Waals surface area contributed by atoms with Gasteiger partial charge in [-0.2, -0.15) is 0 Å². The normalized spacial score (nSPS) is 14.1. The highest BCUT2D eigenvalue weighted by Crippen LogP contribution is 1.86. The van der Waals surface area contributed by atoms with Crippen LogP contribution >= 0.6 is 0 Å². The summed E-state index contributed by atoms with van der Waals surface area (Å²) in [6.45, 7) is 4.09.